The lowest BCUT2D eigenvalue weighted by Crippen LogP contribution is -2.50. The quantitative estimate of drug-likeness (QED) is 0.805. The standard InChI is InChI=1S/C20H26N4O3/c1-14(2)20(25)24-11-9-23(10-12-24)19-8-6-17(21-22-19)16-13-15(26-3)5-7-18(16)27-4/h5-8,13-14H,9-12H2,1-4H3. The van der Waals surface area contributed by atoms with E-state index >= 15 is 0 Å². The van der Waals surface area contributed by atoms with E-state index in [1.165, 1.54) is 0 Å². The second kappa shape index (κ2) is 8.24. The Hall–Kier alpha value is -2.83. The SMILES string of the molecule is COc1ccc(OC)c(-c2ccc(N3CCN(C(=O)C(C)C)CC3)nn2)c1. The minimum atomic E-state index is 0.0356. The fourth-order valence-electron chi connectivity index (χ4n) is 3.17. The Balaban J connectivity index is 1.73. The smallest absolute Gasteiger partial charge is 0.225 e. The van der Waals surface area contributed by atoms with Gasteiger partial charge < -0.3 is 19.3 Å². The number of anilines is 1. The summed E-state index contributed by atoms with van der Waals surface area (Å²) in [4.78, 5) is 16.2. The Labute approximate surface area is 159 Å². The minimum Gasteiger partial charge on any atom is -0.497 e. The largest absolute Gasteiger partial charge is 0.497 e. The van der Waals surface area contributed by atoms with Crippen molar-refractivity contribution in [2.24, 2.45) is 5.92 Å². The van der Waals surface area contributed by atoms with Crippen LogP contribution in [0.25, 0.3) is 11.3 Å². The Bertz CT molecular complexity index is 784. The maximum absolute atomic E-state index is 12.1. The minimum absolute atomic E-state index is 0.0356. The van der Waals surface area contributed by atoms with Crippen LogP contribution in [0.15, 0.2) is 30.3 Å². The highest BCUT2D eigenvalue weighted by Gasteiger charge is 2.23. The lowest BCUT2D eigenvalue weighted by Gasteiger charge is -2.36. The van der Waals surface area contributed by atoms with E-state index in [1.54, 1.807) is 14.2 Å². The molecular formula is C20H26N4O3. The molecule has 144 valence electrons. The summed E-state index contributed by atoms with van der Waals surface area (Å²) in [5.41, 5.74) is 1.56. The van der Waals surface area contributed by atoms with Gasteiger partial charge in [0.2, 0.25) is 5.91 Å². The van der Waals surface area contributed by atoms with Crippen LogP contribution < -0.4 is 14.4 Å². The van der Waals surface area contributed by atoms with Gasteiger partial charge in [-0.2, -0.15) is 0 Å². The number of ether oxygens (including phenoxy) is 2. The van der Waals surface area contributed by atoms with E-state index in [0.717, 1.165) is 41.7 Å². The highest BCUT2D eigenvalue weighted by Crippen LogP contribution is 2.32. The summed E-state index contributed by atoms with van der Waals surface area (Å²) in [5, 5.41) is 8.77. The van der Waals surface area contributed by atoms with Crippen LogP contribution in [0.1, 0.15) is 13.8 Å². The molecule has 0 radical (unpaired) electrons. The molecule has 7 heteroatoms. The summed E-state index contributed by atoms with van der Waals surface area (Å²) in [7, 11) is 3.26. The number of carbonyl (C=O) groups excluding carboxylic acids is 1. The van der Waals surface area contributed by atoms with E-state index in [9.17, 15) is 4.79 Å². The van der Waals surface area contributed by atoms with Crippen molar-refractivity contribution >= 4 is 11.7 Å². The molecule has 0 N–H and O–H groups in total. The van der Waals surface area contributed by atoms with Crippen LogP contribution in [0.2, 0.25) is 0 Å². The highest BCUT2D eigenvalue weighted by molar-refractivity contribution is 5.78. The molecule has 0 bridgehead atoms. The maximum atomic E-state index is 12.1. The van der Waals surface area contributed by atoms with Crippen molar-refractivity contribution in [1.82, 2.24) is 15.1 Å². The topological polar surface area (TPSA) is 67.8 Å². The van der Waals surface area contributed by atoms with Crippen LogP contribution in [0.3, 0.4) is 0 Å². The van der Waals surface area contributed by atoms with E-state index < -0.39 is 0 Å². The number of hydrogen-bond acceptors (Lipinski definition) is 6. The fraction of sp³-hybridized carbons (Fsp3) is 0.450. The first-order valence-corrected chi connectivity index (χ1v) is 9.13. The number of carbonyl (C=O) groups is 1. The van der Waals surface area contributed by atoms with Crippen molar-refractivity contribution < 1.29 is 14.3 Å². The van der Waals surface area contributed by atoms with Crippen LogP contribution in [0.5, 0.6) is 11.5 Å². The summed E-state index contributed by atoms with van der Waals surface area (Å²) >= 11 is 0. The number of amides is 1. The zero-order chi connectivity index (χ0) is 19.4. The number of nitrogens with zero attached hydrogens (tertiary/aromatic N) is 4. The number of rotatable bonds is 5. The molecule has 0 unspecified atom stereocenters. The first-order valence-electron chi connectivity index (χ1n) is 9.13. The summed E-state index contributed by atoms with van der Waals surface area (Å²) in [5.74, 6) is 2.52. The molecule has 1 aromatic carbocycles. The lowest BCUT2D eigenvalue weighted by atomic mass is 10.1. The lowest BCUT2D eigenvalue weighted by molar-refractivity contribution is -0.134. The van der Waals surface area contributed by atoms with Crippen molar-refractivity contribution in [3.8, 4) is 22.8 Å². The molecule has 2 aromatic rings. The molecule has 1 aromatic heterocycles. The van der Waals surface area contributed by atoms with E-state index in [2.05, 4.69) is 15.1 Å². The molecule has 7 nitrogen and oxygen atoms in total. The Kier molecular flexibility index (Phi) is 5.78. The zero-order valence-electron chi connectivity index (χ0n) is 16.3. The first kappa shape index (κ1) is 18.9. The van der Waals surface area contributed by atoms with Crippen molar-refractivity contribution in [3.05, 3.63) is 30.3 Å². The van der Waals surface area contributed by atoms with Gasteiger partial charge in [-0.1, -0.05) is 13.8 Å². The van der Waals surface area contributed by atoms with Gasteiger partial charge in [0, 0.05) is 37.7 Å². The molecule has 0 atom stereocenters. The summed E-state index contributed by atoms with van der Waals surface area (Å²) < 4.78 is 10.7. The van der Waals surface area contributed by atoms with E-state index in [4.69, 9.17) is 9.47 Å². The van der Waals surface area contributed by atoms with E-state index in [0.29, 0.717) is 13.1 Å². The van der Waals surface area contributed by atoms with Crippen LogP contribution in [-0.2, 0) is 4.79 Å². The molecule has 1 saturated heterocycles. The van der Waals surface area contributed by atoms with Gasteiger partial charge in [-0.3, -0.25) is 4.79 Å². The summed E-state index contributed by atoms with van der Waals surface area (Å²) in [6.45, 7) is 6.82. The monoisotopic (exact) mass is 370 g/mol. The average Bonchev–Trinajstić information content (AvgIpc) is 2.73. The van der Waals surface area contributed by atoms with E-state index in [-0.39, 0.29) is 11.8 Å². The van der Waals surface area contributed by atoms with Crippen LogP contribution in [-0.4, -0.2) is 61.4 Å². The summed E-state index contributed by atoms with van der Waals surface area (Å²) in [6.07, 6.45) is 0. The van der Waals surface area contributed by atoms with Gasteiger partial charge >= 0.3 is 0 Å². The fourth-order valence-corrected chi connectivity index (χ4v) is 3.17. The molecule has 1 aliphatic heterocycles. The van der Waals surface area contributed by atoms with E-state index in [1.807, 2.05) is 49.1 Å². The van der Waals surface area contributed by atoms with Gasteiger partial charge in [-0.25, -0.2) is 0 Å². The third kappa shape index (κ3) is 4.13. The Morgan fingerprint density at radius 2 is 1.74 bits per heavy atom. The molecule has 3 rings (SSSR count). The van der Waals surface area contributed by atoms with Crippen molar-refractivity contribution in [2.75, 3.05) is 45.3 Å². The Morgan fingerprint density at radius 1 is 1.00 bits per heavy atom. The van der Waals surface area contributed by atoms with Gasteiger partial charge in [0.05, 0.1) is 19.9 Å². The molecular weight excluding hydrogens is 344 g/mol. The van der Waals surface area contributed by atoms with Crippen LogP contribution >= 0.6 is 0 Å². The number of aromatic nitrogens is 2. The van der Waals surface area contributed by atoms with Crippen molar-refractivity contribution in [3.63, 3.8) is 0 Å². The second-order valence-corrected chi connectivity index (χ2v) is 6.81. The highest BCUT2D eigenvalue weighted by atomic mass is 16.5. The van der Waals surface area contributed by atoms with Gasteiger partial charge in [0.1, 0.15) is 11.5 Å². The third-order valence-corrected chi connectivity index (χ3v) is 4.74. The molecule has 0 spiro atoms. The zero-order valence-corrected chi connectivity index (χ0v) is 16.3. The number of hydrogen-bond donors (Lipinski definition) is 0. The molecule has 27 heavy (non-hydrogen) atoms. The summed E-state index contributed by atoms with van der Waals surface area (Å²) in [6, 6.07) is 9.49. The number of methoxy groups -OCH3 is 2. The molecule has 2 heterocycles. The van der Waals surface area contributed by atoms with Crippen molar-refractivity contribution in [2.45, 2.75) is 13.8 Å². The van der Waals surface area contributed by atoms with Gasteiger partial charge in [0.15, 0.2) is 5.82 Å². The van der Waals surface area contributed by atoms with Gasteiger partial charge in [0.25, 0.3) is 0 Å². The Morgan fingerprint density at radius 3 is 2.30 bits per heavy atom. The average molecular weight is 370 g/mol. The van der Waals surface area contributed by atoms with Gasteiger partial charge in [-0.15, -0.1) is 10.2 Å². The number of piperazine rings is 1. The molecule has 1 aliphatic rings. The van der Waals surface area contributed by atoms with Crippen LogP contribution in [0, 0.1) is 5.92 Å². The van der Waals surface area contributed by atoms with Crippen molar-refractivity contribution in [1.29, 1.82) is 0 Å². The second-order valence-electron chi connectivity index (χ2n) is 6.81. The molecule has 0 saturated carbocycles. The number of benzene rings is 1. The molecule has 1 amide bonds. The maximum Gasteiger partial charge on any atom is 0.225 e. The first-order chi connectivity index (χ1) is 13.0. The molecule has 1 fully saturated rings. The predicted molar refractivity (Wildman–Crippen MR) is 104 cm³/mol. The van der Waals surface area contributed by atoms with Crippen LogP contribution in [0.4, 0.5) is 5.82 Å². The van der Waals surface area contributed by atoms with Gasteiger partial charge in [-0.05, 0) is 30.3 Å². The third-order valence-electron chi connectivity index (χ3n) is 4.74. The molecule has 0 aliphatic carbocycles. The normalized spacial score (nSPS) is 14.4. The predicted octanol–water partition coefficient (Wildman–Crippen LogP) is 2.47.